The third kappa shape index (κ3) is 2.49. The Morgan fingerprint density at radius 2 is 2.15 bits per heavy atom. The number of carbonyl (C=O) groups is 1. The van der Waals surface area contributed by atoms with Crippen LogP contribution < -0.4 is 5.32 Å². The molecule has 1 aromatic carbocycles. The minimum atomic E-state index is -0.355. The van der Waals surface area contributed by atoms with Gasteiger partial charge in [0.15, 0.2) is 0 Å². The number of benzene rings is 1. The molecule has 106 valence electrons. The molecule has 2 heterocycles. The van der Waals surface area contributed by atoms with E-state index >= 15 is 0 Å². The highest BCUT2D eigenvalue weighted by Crippen LogP contribution is 2.27. The molecule has 0 unspecified atom stereocenters. The number of ether oxygens (including phenoxy) is 2. The maximum absolute atomic E-state index is 11.9. The molecule has 0 bridgehead atoms. The van der Waals surface area contributed by atoms with Gasteiger partial charge in [-0.05, 0) is 25.0 Å². The van der Waals surface area contributed by atoms with Crippen molar-refractivity contribution in [1.29, 1.82) is 0 Å². The standard InChI is InChI=1S/C15H17NO4/c1-18-15(17)13-8-11(9-14-12(13)4-7-20-14)16-10-2-5-19-6-3-10/h4,7-10,16H,2-3,5-6H2,1H3. The summed E-state index contributed by atoms with van der Waals surface area (Å²) in [5.74, 6) is -0.355. The summed E-state index contributed by atoms with van der Waals surface area (Å²) < 4.78 is 15.6. The maximum Gasteiger partial charge on any atom is 0.338 e. The van der Waals surface area contributed by atoms with Crippen LogP contribution in [0.3, 0.4) is 0 Å². The molecule has 5 nitrogen and oxygen atoms in total. The van der Waals surface area contributed by atoms with Crippen molar-refractivity contribution in [3.05, 3.63) is 30.0 Å². The van der Waals surface area contributed by atoms with Crippen molar-refractivity contribution < 1.29 is 18.7 Å². The van der Waals surface area contributed by atoms with Crippen LogP contribution in [0, 0.1) is 0 Å². The average molecular weight is 275 g/mol. The summed E-state index contributed by atoms with van der Waals surface area (Å²) in [4.78, 5) is 11.9. The Labute approximate surface area is 116 Å². The lowest BCUT2D eigenvalue weighted by Crippen LogP contribution is -2.27. The number of anilines is 1. The van der Waals surface area contributed by atoms with Gasteiger partial charge in [0.2, 0.25) is 0 Å². The maximum atomic E-state index is 11.9. The van der Waals surface area contributed by atoms with Crippen molar-refractivity contribution in [2.45, 2.75) is 18.9 Å². The van der Waals surface area contributed by atoms with E-state index in [1.54, 1.807) is 12.3 Å². The molecular formula is C15H17NO4. The first-order valence-corrected chi connectivity index (χ1v) is 6.72. The van der Waals surface area contributed by atoms with Crippen molar-refractivity contribution in [3.8, 4) is 0 Å². The predicted octanol–water partition coefficient (Wildman–Crippen LogP) is 2.81. The molecule has 1 aliphatic heterocycles. The van der Waals surface area contributed by atoms with E-state index in [0.717, 1.165) is 37.1 Å². The predicted molar refractivity (Wildman–Crippen MR) is 75.0 cm³/mol. The van der Waals surface area contributed by atoms with Crippen LogP contribution in [0.2, 0.25) is 0 Å². The van der Waals surface area contributed by atoms with Gasteiger partial charge in [-0.2, -0.15) is 0 Å². The Hall–Kier alpha value is -2.01. The van der Waals surface area contributed by atoms with Crippen LogP contribution in [-0.2, 0) is 9.47 Å². The molecule has 1 aromatic heterocycles. The molecule has 1 aliphatic rings. The molecule has 1 fully saturated rings. The van der Waals surface area contributed by atoms with E-state index in [0.29, 0.717) is 17.2 Å². The molecule has 0 amide bonds. The Balaban J connectivity index is 1.92. The average Bonchev–Trinajstić information content (AvgIpc) is 2.95. The van der Waals surface area contributed by atoms with Gasteiger partial charge in [-0.1, -0.05) is 0 Å². The SMILES string of the molecule is COC(=O)c1cc(NC2CCOCC2)cc2occc12. The van der Waals surface area contributed by atoms with Crippen molar-refractivity contribution in [2.75, 3.05) is 25.6 Å². The number of methoxy groups -OCH3 is 1. The lowest BCUT2D eigenvalue weighted by atomic mass is 10.1. The quantitative estimate of drug-likeness (QED) is 0.873. The highest BCUT2D eigenvalue weighted by Gasteiger charge is 2.17. The number of nitrogens with one attached hydrogen (secondary N) is 1. The molecule has 0 atom stereocenters. The third-order valence-electron chi connectivity index (χ3n) is 3.57. The van der Waals surface area contributed by atoms with E-state index in [-0.39, 0.29) is 5.97 Å². The first-order chi connectivity index (χ1) is 9.78. The normalized spacial score (nSPS) is 16.2. The summed E-state index contributed by atoms with van der Waals surface area (Å²) in [6.07, 6.45) is 3.50. The van der Waals surface area contributed by atoms with Crippen molar-refractivity contribution in [3.63, 3.8) is 0 Å². The summed E-state index contributed by atoms with van der Waals surface area (Å²) in [5, 5.41) is 4.21. The molecular weight excluding hydrogens is 258 g/mol. The Bertz CT molecular complexity index is 613. The summed E-state index contributed by atoms with van der Waals surface area (Å²) in [6, 6.07) is 5.87. The van der Waals surface area contributed by atoms with Gasteiger partial charge in [-0.25, -0.2) is 4.79 Å². The number of carbonyl (C=O) groups excluding carboxylic acids is 1. The second kappa shape index (κ2) is 5.54. The molecule has 2 aromatic rings. The van der Waals surface area contributed by atoms with Crippen LogP contribution in [0.5, 0.6) is 0 Å². The Kier molecular flexibility index (Phi) is 3.60. The number of hydrogen-bond acceptors (Lipinski definition) is 5. The highest BCUT2D eigenvalue weighted by atomic mass is 16.5. The minimum absolute atomic E-state index is 0.355. The second-order valence-electron chi connectivity index (χ2n) is 4.88. The van der Waals surface area contributed by atoms with Crippen molar-refractivity contribution in [1.82, 2.24) is 0 Å². The summed E-state index contributed by atoms with van der Waals surface area (Å²) >= 11 is 0. The van der Waals surface area contributed by atoms with E-state index in [4.69, 9.17) is 13.9 Å². The van der Waals surface area contributed by atoms with Crippen LogP contribution in [-0.4, -0.2) is 32.3 Å². The van der Waals surface area contributed by atoms with Gasteiger partial charge in [-0.15, -0.1) is 0 Å². The van der Waals surface area contributed by atoms with Gasteiger partial charge in [-0.3, -0.25) is 0 Å². The molecule has 0 spiro atoms. The zero-order chi connectivity index (χ0) is 13.9. The fraction of sp³-hybridized carbons (Fsp3) is 0.400. The highest BCUT2D eigenvalue weighted by molar-refractivity contribution is 6.04. The van der Waals surface area contributed by atoms with Crippen LogP contribution in [0.1, 0.15) is 23.2 Å². The van der Waals surface area contributed by atoms with Gasteiger partial charge in [0.05, 0.1) is 18.9 Å². The number of furan rings is 1. The first-order valence-electron chi connectivity index (χ1n) is 6.72. The molecule has 3 rings (SSSR count). The lowest BCUT2D eigenvalue weighted by Gasteiger charge is -2.24. The van der Waals surface area contributed by atoms with Crippen LogP contribution in [0.4, 0.5) is 5.69 Å². The van der Waals surface area contributed by atoms with Gasteiger partial charge < -0.3 is 19.2 Å². The fourth-order valence-electron chi connectivity index (χ4n) is 2.51. The third-order valence-corrected chi connectivity index (χ3v) is 3.57. The molecule has 5 heteroatoms. The Morgan fingerprint density at radius 3 is 2.90 bits per heavy atom. The van der Waals surface area contributed by atoms with Gasteiger partial charge in [0.25, 0.3) is 0 Å². The van der Waals surface area contributed by atoms with Crippen molar-refractivity contribution >= 4 is 22.6 Å². The summed E-state index contributed by atoms with van der Waals surface area (Å²) in [7, 11) is 1.38. The van der Waals surface area contributed by atoms with E-state index in [1.807, 2.05) is 12.1 Å². The minimum Gasteiger partial charge on any atom is -0.465 e. The number of esters is 1. The topological polar surface area (TPSA) is 60.7 Å². The molecule has 1 N–H and O–H groups in total. The zero-order valence-corrected chi connectivity index (χ0v) is 11.3. The Morgan fingerprint density at radius 1 is 1.35 bits per heavy atom. The van der Waals surface area contributed by atoms with Gasteiger partial charge in [0, 0.05) is 36.4 Å². The van der Waals surface area contributed by atoms with Crippen molar-refractivity contribution in [2.24, 2.45) is 0 Å². The summed E-state index contributed by atoms with van der Waals surface area (Å²) in [5.41, 5.74) is 2.08. The monoisotopic (exact) mass is 275 g/mol. The first kappa shape index (κ1) is 13.0. The van der Waals surface area contributed by atoms with Crippen LogP contribution in [0.15, 0.2) is 28.9 Å². The number of hydrogen-bond donors (Lipinski definition) is 1. The van der Waals surface area contributed by atoms with Gasteiger partial charge >= 0.3 is 5.97 Å². The van der Waals surface area contributed by atoms with E-state index in [1.165, 1.54) is 7.11 Å². The van der Waals surface area contributed by atoms with Gasteiger partial charge in [0.1, 0.15) is 5.58 Å². The van der Waals surface area contributed by atoms with E-state index in [2.05, 4.69) is 5.32 Å². The van der Waals surface area contributed by atoms with Crippen LogP contribution in [0.25, 0.3) is 11.0 Å². The molecule has 1 saturated heterocycles. The van der Waals surface area contributed by atoms with E-state index in [9.17, 15) is 4.79 Å². The second-order valence-corrected chi connectivity index (χ2v) is 4.88. The molecule has 0 radical (unpaired) electrons. The lowest BCUT2D eigenvalue weighted by molar-refractivity contribution is 0.0603. The van der Waals surface area contributed by atoms with E-state index < -0.39 is 0 Å². The molecule has 0 aliphatic carbocycles. The number of rotatable bonds is 3. The summed E-state index contributed by atoms with van der Waals surface area (Å²) in [6.45, 7) is 1.54. The van der Waals surface area contributed by atoms with Crippen LogP contribution >= 0.6 is 0 Å². The smallest absolute Gasteiger partial charge is 0.338 e. The largest absolute Gasteiger partial charge is 0.465 e. The molecule has 20 heavy (non-hydrogen) atoms. The number of fused-ring (bicyclic) bond motifs is 1. The zero-order valence-electron chi connectivity index (χ0n) is 11.3. The fourth-order valence-corrected chi connectivity index (χ4v) is 2.51. The molecule has 0 saturated carbocycles.